The Hall–Kier alpha value is -3.28. The lowest BCUT2D eigenvalue weighted by Crippen LogP contribution is -2.18. The number of nitrogens with zero attached hydrogens (tertiary/aromatic N) is 1. The van der Waals surface area contributed by atoms with E-state index in [2.05, 4.69) is 10.3 Å². The van der Waals surface area contributed by atoms with Crippen molar-refractivity contribution in [2.75, 3.05) is 38.5 Å². The quantitative estimate of drug-likeness (QED) is 0.203. The van der Waals surface area contributed by atoms with Crippen LogP contribution < -0.4 is 19.5 Å². The molecule has 1 amide bonds. The van der Waals surface area contributed by atoms with Crippen molar-refractivity contribution in [2.45, 2.75) is 30.6 Å². The van der Waals surface area contributed by atoms with E-state index in [1.165, 1.54) is 23.1 Å². The molecule has 0 aliphatic rings. The van der Waals surface area contributed by atoms with Crippen LogP contribution in [-0.2, 0) is 14.3 Å². The highest BCUT2D eigenvalue weighted by Crippen LogP contribution is 2.32. The Balaban J connectivity index is 1.73. The van der Waals surface area contributed by atoms with Crippen molar-refractivity contribution in [3.05, 3.63) is 54.2 Å². The molecule has 0 spiro atoms. The minimum absolute atomic E-state index is 0.234. The van der Waals surface area contributed by atoms with E-state index >= 15 is 0 Å². The van der Waals surface area contributed by atoms with Crippen LogP contribution in [0.1, 0.15) is 30.6 Å². The molecule has 0 bridgehead atoms. The molecule has 37 heavy (non-hydrogen) atoms. The molecule has 0 unspecified atom stereocenters. The van der Waals surface area contributed by atoms with Gasteiger partial charge in [-0.25, -0.2) is 4.98 Å². The second-order valence-electron chi connectivity index (χ2n) is 7.70. The fourth-order valence-electron chi connectivity index (χ4n) is 3.15. The first-order valence-corrected chi connectivity index (χ1v) is 13.4. The second kappa shape index (κ2) is 14.5. The predicted molar refractivity (Wildman–Crippen MR) is 144 cm³/mol. The maximum absolute atomic E-state index is 13.1. The summed E-state index contributed by atoms with van der Waals surface area (Å²) in [7, 11) is 3.18. The van der Waals surface area contributed by atoms with Gasteiger partial charge in [-0.15, -0.1) is 11.8 Å². The molecule has 0 saturated heterocycles. The number of methoxy groups -OCH3 is 2. The summed E-state index contributed by atoms with van der Waals surface area (Å²) in [5.74, 6) is 2.06. The van der Waals surface area contributed by atoms with E-state index in [9.17, 15) is 9.59 Å². The van der Waals surface area contributed by atoms with Crippen LogP contribution in [0.15, 0.2) is 52.9 Å². The largest absolute Gasteiger partial charge is 0.497 e. The summed E-state index contributed by atoms with van der Waals surface area (Å²) in [6.45, 7) is 4.40. The maximum atomic E-state index is 13.1. The van der Waals surface area contributed by atoms with E-state index in [4.69, 9.17) is 23.7 Å². The number of benzene rings is 2. The zero-order valence-corrected chi connectivity index (χ0v) is 22.8. The van der Waals surface area contributed by atoms with Gasteiger partial charge in [0.05, 0.1) is 37.2 Å². The molecule has 0 fully saturated rings. The summed E-state index contributed by atoms with van der Waals surface area (Å²) in [5.41, 5.74) is 0.340. The highest BCUT2D eigenvalue weighted by atomic mass is 32.2. The number of aromatic nitrogens is 1. The molecule has 0 saturated carbocycles. The van der Waals surface area contributed by atoms with Crippen LogP contribution in [0, 0.1) is 0 Å². The number of hydrogen-bond donors (Lipinski definition) is 1. The highest BCUT2D eigenvalue weighted by molar-refractivity contribution is 8.01. The van der Waals surface area contributed by atoms with Gasteiger partial charge in [0.15, 0.2) is 5.13 Å². The van der Waals surface area contributed by atoms with Crippen molar-refractivity contribution >= 4 is 40.1 Å². The molecule has 3 aromatic rings. The van der Waals surface area contributed by atoms with Crippen LogP contribution in [0.4, 0.5) is 5.13 Å². The molecule has 11 heteroatoms. The first-order chi connectivity index (χ1) is 17.9. The monoisotopic (exact) mass is 546 g/mol. The normalized spacial score (nSPS) is 11.5. The van der Waals surface area contributed by atoms with E-state index in [0.29, 0.717) is 59.1 Å². The Morgan fingerprint density at radius 3 is 2.59 bits per heavy atom. The number of esters is 1. The lowest BCUT2D eigenvalue weighted by molar-refractivity contribution is -0.142. The van der Waals surface area contributed by atoms with Crippen LogP contribution in [0.5, 0.6) is 23.0 Å². The Morgan fingerprint density at radius 1 is 1.08 bits per heavy atom. The summed E-state index contributed by atoms with van der Waals surface area (Å²) in [4.78, 5) is 28.9. The van der Waals surface area contributed by atoms with Gasteiger partial charge in [-0.1, -0.05) is 17.4 Å². The first-order valence-electron chi connectivity index (χ1n) is 11.6. The molecule has 2 aromatic carbocycles. The number of anilines is 1. The third-order valence-corrected chi connectivity index (χ3v) is 6.83. The molecular weight excluding hydrogens is 516 g/mol. The summed E-state index contributed by atoms with van der Waals surface area (Å²) >= 11 is 2.81. The topological polar surface area (TPSA) is 105 Å². The number of nitrogens with one attached hydrogen (secondary N) is 1. The number of carbonyl (C=O) groups excluding carboxylic acids is 2. The van der Waals surface area contributed by atoms with Crippen molar-refractivity contribution < 1.29 is 33.3 Å². The smallest absolute Gasteiger partial charge is 0.306 e. The molecule has 198 valence electrons. The van der Waals surface area contributed by atoms with Crippen LogP contribution in [0.25, 0.3) is 0 Å². The lowest BCUT2D eigenvalue weighted by atomic mass is 10.2. The van der Waals surface area contributed by atoms with Crippen LogP contribution in [0.3, 0.4) is 0 Å². The number of thiazole rings is 1. The maximum Gasteiger partial charge on any atom is 0.306 e. The third-order valence-electron chi connectivity index (χ3n) is 4.72. The number of thioether (sulfide) groups is 1. The first kappa shape index (κ1) is 28.3. The number of hydrogen-bond acceptors (Lipinski definition) is 10. The second-order valence-corrected chi connectivity index (χ2v) is 10.1. The SMILES string of the molecule is CCOC(=O)CCSc1cnc(NC(=O)c2cc(Oc3cccc(OC)c3)cc(O[C@@H](C)COC)c2)s1. The fraction of sp³-hybridized carbons (Fsp3) is 0.346. The van der Waals surface area contributed by atoms with Gasteiger partial charge < -0.3 is 23.7 Å². The molecular formula is C26H30N2O7S2. The van der Waals surface area contributed by atoms with Gasteiger partial charge in [0.25, 0.3) is 5.91 Å². The molecule has 9 nitrogen and oxygen atoms in total. The minimum atomic E-state index is -0.363. The van der Waals surface area contributed by atoms with Crippen molar-refractivity contribution in [1.82, 2.24) is 4.98 Å². The van der Waals surface area contributed by atoms with E-state index in [-0.39, 0.29) is 18.0 Å². The van der Waals surface area contributed by atoms with Crippen molar-refractivity contribution in [3.63, 3.8) is 0 Å². The number of rotatable bonds is 14. The average molecular weight is 547 g/mol. The van der Waals surface area contributed by atoms with Crippen molar-refractivity contribution in [3.8, 4) is 23.0 Å². The summed E-state index contributed by atoms with van der Waals surface area (Å²) < 4.78 is 28.2. The molecule has 3 rings (SSSR count). The van der Waals surface area contributed by atoms with Gasteiger partial charge in [-0.05, 0) is 38.1 Å². The average Bonchev–Trinajstić information content (AvgIpc) is 3.31. The van der Waals surface area contributed by atoms with Gasteiger partial charge >= 0.3 is 5.97 Å². The van der Waals surface area contributed by atoms with Crippen LogP contribution in [0.2, 0.25) is 0 Å². The van der Waals surface area contributed by atoms with Crippen LogP contribution >= 0.6 is 23.1 Å². The molecule has 0 aliphatic heterocycles. The predicted octanol–water partition coefficient (Wildman–Crippen LogP) is 5.66. The van der Waals surface area contributed by atoms with Gasteiger partial charge in [0.1, 0.15) is 29.1 Å². The number of ether oxygens (including phenoxy) is 5. The number of amides is 1. The Morgan fingerprint density at radius 2 is 1.84 bits per heavy atom. The lowest BCUT2D eigenvalue weighted by Gasteiger charge is -2.16. The fourth-order valence-corrected chi connectivity index (χ4v) is 5.02. The van der Waals surface area contributed by atoms with E-state index in [1.54, 1.807) is 57.7 Å². The van der Waals surface area contributed by atoms with E-state index in [0.717, 1.165) is 4.21 Å². The standard InChI is InChI=1S/C26H30N2O7S2/c1-5-33-23(29)9-10-36-24-15-27-26(37-24)28-25(30)18-11-21(34-17(2)16-31-3)14-22(12-18)35-20-8-6-7-19(13-20)32-4/h6-8,11-15,17H,5,9-10,16H2,1-4H3,(H,27,28,30)/t17-/m0/s1. The molecule has 0 aliphatic carbocycles. The molecule has 1 heterocycles. The van der Waals surface area contributed by atoms with Gasteiger partial charge in [0.2, 0.25) is 0 Å². The Kier molecular flexibility index (Phi) is 11.1. The Labute approximate surface area is 224 Å². The van der Waals surface area contributed by atoms with Gasteiger partial charge in [0, 0.05) is 30.6 Å². The highest BCUT2D eigenvalue weighted by Gasteiger charge is 2.15. The van der Waals surface area contributed by atoms with Crippen molar-refractivity contribution in [1.29, 1.82) is 0 Å². The molecule has 0 radical (unpaired) electrons. The Bertz CT molecular complexity index is 1190. The summed E-state index contributed by atoms with van der Waals surface area (Å²) in [6.07, 6.45) is 1.74. The zero-order chi connectivity index (χ0) is 26.6. The summed E-state index contributed by atoms with van der Waals surface area (Å²) in [6, 6.07) is 12.2. The van der Waals surface area contributed by atoms with Crippen LogP contribution in [-0.4, -0.2) is 56.2 Å². The van der Waals surface area contributed by atoms with Gasteiger partial charge in [-0.2, -0.15) is 0 Å². The molecule has 1 N–H and O–H groups in total. The third kappa shape index (κ3) is 9.27. The summed E-state index contributed by atoms with van der Waals surface area (Å²) in [5, 5.41) is 3.26. The molecule has 1 aromatic heterocycles. The van der Waals surface area contributed by atoms with E-state index in [1.807, 2.05) is 19.1 Å². The van der Waals surface area contributed by atoms with Gasteiger partial charge in [-0.3, -0.25) is 14.9 Å². The van der Waals surface area contributed by atoms with Crippen molar-refractivity contribution in [2.24, 2.45) is 0 Å². The van der Waals surface area contributed by atoms with E-state index < -0.39 is 0 Å². The zero-order valence-electron chi connectivity index (χ0n) is 21.1. The number of carbonyl (C=O) groups is 2. The molecule has 1 atom stereocenters. The minimum Gasteiger partial charge on any atom is -0.497 e.